The molecule has 1 atom stereocenters. The van der Waals surface area contributed by atoms with Crippen LogP contribution < -0.4 is 11.4 Å². The summed E-state index contributed by atoms with van der Waals surface area (Å²) in [7, 11) is 0. The first-order valence-corrected chi connectivity index (χ1v) is 3.52. The molecule has 0 aromatic carbocycles. The second kappa shape index (κ2) is 3.27. The Morgan fingerprint density at radius 1 is 1.67 bits per heavy atom. The van der Waals surface area contributed by atoms with Crippen molar-refractivity contribution in [1.82, 2.24) is 9.97 Å². The van der Waals surface area contributed by atoms with E-state index in [0.717, 1.165) is 0 Å². The maximum atomic E-state index is 10.7. The average molecular weight is 169 g/mol. The summed E-state index contributed by atoms with van der Waals surface area (Å²) < 4.78 is 0. The van der Waals surface area contributed by atoms with Gasteiger partial charge >= 0.3 is 5.69 Å². The molecule has 1 unspecified atom stereocenters. The van der Waals surface area contributed by atoms with Crippen LogP contribution in [-0.4, -0.2) is 15.1 Å². The van der Waals surface area contributed by atoms with Crippen molar-refractivity contribution in [2.24, 2.45) is 5.73 Å². The van der Waals surface area contributed by atoms with Crippen molar-refractivity contribution in [2.75, 3.05) is 0 Å². The fraction of sp³-hybridized carbons (Fsp3) is 0.286. The highest BCUT2D eigenvalue weighted by atomic mass is 16.3. The standard InChI is InChI=1S/C7H11N3O2/c1-2-3-4(8)5-6(11)10-7(12)9-5/h2,4,11H,1,3,8H2,(H2,9,10,12). The third kappa shape index (κ3) is 1.57. The lowest BCUT2D eigenvalue weighted by atomic mass is 10.1. The van der Waals surface area contributed by atoms with Crippen molar-refractivity contribution in [3.05, 3.63) is 28.8 Å². The molecule has 0 radical (unpaired) electrons. The molecule has 0 aliphatic rings. The first-order chi connectivity index (χ1) is 5.65. The Hall–Kier alpha value is -1.49. The first kappa shape index (κ1) is 8.61. The third-order valence-electron chi connectivity index (χ3n) is 1.53. The van der Waals surface area contributed by atoms with Crippen LogP contribution in [0, 0.1) is 0 Å². The molecule has 1 heterocycles. The van der Waals surface area contributed by atoms with Crippen LogP contribution in [0.2, 0.25) is 0 Å². The molecule has 5 heteroatoms. The van der Waals surface area contributed by atoms with Gasteiger partial charge in [-0.3, -0.25) is 4.98 Å². The number of aromatic hydroxyl groups is 1. The lowest BCUT2D eigenvalue weighted by Crippen LogP contribution is -2.11. The molecule has 0 bridgehead atoms. The van der Waals surface area contributed by atoms with Crippen molar-refractivity contribution >= 4 is 0 Å². The molecule has 12 heavy (non-hydrogen) atoms. The molecular formula is C7H11N3O2. The Kier molecular flexibility index (Phi) is 2.35. The smallest absolute Gasteiger partial charge is 0.326 e. The van der Waals surface area contributed by atoms with E-state index in [0.29, 0.717) is 12.1 Å². The number of nitrogens with one attached hydrogen (secondary N) is 2. The van der Waals surface area contributed by atoms with Crippen LogP contribution in [0.5, 0.6) is 5.88 Å². The fourth-order valence-electron chi connectivity index (χ4n) is 0.953. The third-order valence-corrected chi connectivity index (χ3v) is 1.53. The van der Waals surface area contributed by atoms with E-state index in [2.05, 4.69) is 16.5 Å². The van der Waals surface area contributed by atoms with Gasteiger partial charge in [-0.25, -0.2) is 4.79 Å². The van der Waals surface area contributed by atoms with Gasteiger partial charge in [0.15, 0.2) is 0 Å². The highest BCUT2D eigenvalue weighted by Gasteiger charge is 2.12. The molecule has 1 aromatic rings. The fourth-order valence-corrected chi connectivity index (χ4v) is 0.953. The number of hydrogen-bond donors (Lipinski definition) is 4. The molecule has 0 fully saturated rings. The van der Waals surface area contributed by atoms with Gasteiger partial charge < -0.3 is 15.8 Å². The Labute approximate surface area is 68.9 Å². The Balaban J connectivity index is 2.93. The van der Waals surface area contributed by atoms with Gasteiger partial charge in [0, 0.05) is 0 Å². The summed E-state index contributed by atoms with van der Waals surface area (Å²) in [4.78, 5) is 15.2. The molecule has 0 aliphatic heterocycles. The Bertz CT molecular complexity index is 326. The van der Waals surface area contributed by atoms with Crippen LogP contribution in [0.1, 0.15) is 18.2 Å². The lowest BCUT2D eigenvalue weighted by Gasteiger charge is -2.05. The van der Waals surface area contributed by atoms with Crippen LogP contribution in [0.4, 0.5) is 0 Å². The van der Waals surface area contributed by atoms with Gasteiger partial charge in [-0.2, -0.15) is 0 Å². The summed E-state index contributed by atoms with van der Waals surface area (Å²) in [6.45, 7) is 3.50. The zero-order chi connectivity index (χ0) is 9.14. The first-order valence-electron chi connectivity index (χ1n) is 3.52. The van der Waals surface area contributed by atoms with E-state index in [1.807, 2.05) is 0 Å². The van der Waals surface area contributed by atoms with E-state index >= 15 is 0 Å². The zero-order valence-electron chi connectivity index (χ0n) is 6.50. The van der Waals surface area contributed by atoms with Gasteiger partial charge in [0.2, 0.25) is 5.88 Å². The van der Waals surface area contributed by atoms with Gasteiger partial charge in [0.25, 0.3) is 0 Å². The van der Waals surface area contributed by atoms with Crippen molar-refractivity contribution < 1.29 is 5.11 Å². The van der Waals surface area contributed by atoms with Gasteiger partial charge in [0.05, 0.1) is 11.7 Å². The molecule has 1 rings (SSSR count). The van der Waals surface area contributed by atoms with Crippen molar-refractivity contribution in [1.29, 1.82) is 0 Å². The van der Waals surface area contributed by atoms with E-state index in [1.54, 1.807) is 6.08 Å². The van der Waals surface area contributed by atoms with Gasteiger partial charge in [-0.05, 0) is 6.42 Å². The minimum Gasteiger partial charge on any atom is -0.493 e. The van der Waals surface area contributed by atoms with E-state index in [9.17, 15) is 4.79 Å². The molecule has 0 amide bonds. The summed E-state index contributed by atoms with van der Waals surface area (Å²) >= 11 is 0. The highest BCUT2D eigenvalue weighted by Crippen LogP contribution is 2.18. The Morgan fingerprint density at radius 2 is 2.33 bits per heavy atom. The summed E-state index contributed by atoms with van der Waals surface area (Å²) in [5.74, 6) is -0.200. The monoisotopic (exact) mass is 169 g/mol. The van der Waals surface area contributed by atoms with E-state index in [-0.39, 0.29) is 5.88 Å². The number of aromatic amines is 2. The number of nitrogens with two attached hydrogens (primary N) is 1. The predicted octanol–water partition coefficient (Wildman–Crippen LogP) is -0.0155. The largest absolute Gasteiger partial charge is 0.493 e. The number of hydrogen-bond acceptors (Lipinski definition) is 3. The quantitative estimate of drug-likeness (QED) is 0.479. The van der Waals surface area contributed by atoms with Crippen molar-refractivity contribution in [3.8, 4) is 5.88 Å². The van der Waals surface area contributed by atoms with E-state index < -0.39 is 11.7 Å². The SMILES string of the molecule is C=CCC(N)c1[nH]c(=O)[nH]c1O. The number of H-pyrrole nitrogens is 2. The van der Waals surface area contributed by atoms with Crippen LogP contribution >= 0.6 is 0 Å². The summed E-state index contributed by atoms with van der Waals surface area (Å²) in [5.41, 5.74) is 5.46. The van der Waals surface area contributed by atoms with Gasteiger partial charge in [0.1, 0.15) is 0 Å². The van der Waals surface area contributed by atoms with E-state index in [1.165, 1.54) is 0 Å². The summed E-state index contributed by atoms with van der Waals surface area (Å²) in [6.07, 6.45) is 2.12. The molecule has 5 nitrogen and oxygen atoms in total. The van der Waals surface area contributed by atoms with Crippen LogP contribution in [0.3, 0.4) is 0 Å². The van der Waals surface area contributed by atoms with Crippen LogP contribution in [0.25, 0.3) is 0 Å². The number of aromatic nitrogens is 2. The summed E-state index contributed by atoms with van der Waals surface area (Å²) in [6, 6.07) is -0.415. The average Bonchev–Trinajstić information content (AvgIpc) is 2.30. The molecule has 5 N–H and O–H groups in total. The van der Waals surface area contributed by atoms with Crippen molar-refractivity contribution in [3.63, 3.8) is 0 Å². The van der Waals surface area contributed by atoms with E-state index in [4.69, 9.17) is 10.8 Å². The van der Waals surface area contributed by atoms with Gasteiger partial charge in [-0.1, -0.05) is 6.08 Å². The topological polar surface area (TPSA) is 94.9 Å². The molecule has 0 saturated carbocycles. The Morgan fingerprint density at radius 3 is 2.75 bits per heavy atom. The molecule has 66 valence electrons. The minimum atomic E-state index is -0.456. The molecule has 0 saturated heterocycles. The van der Waals surface area contributed by atoms with Crippen LogP contribution in [-0.2, 0) is 0 Å². The lowest BCUT2D eigenvalue weighted by molar-refractivity contribution is 0.442. The number of imidazole rings is 1. The van der Waals surface area contributed by atoms with Crippen LogP contribution in [0.15, 0.2) is 17.4 Å². The zero-order valence-corrected chi connectivity index (χ0v) is 6.50. The molecule has 1 aromatic heterocycles. The van der Waals surface area contributed by atoms with Gasteiger partial charge in [-0.15, -0.1) is 6.58 Å². The molecule has 0 spiro atoms. The minimum absolute atomic E-state index is 0.200. The normalized spacial score (nSPS) is 12.8. The molecular weight excluding hydrogens is 158 g/mol. The highest BCUT2D eigenvalue weighted by molar-refractivity contribution is 5.20. The maximum Gasteiger partial charge on any atom is 0.326 e. The molecule has 0 aliphatic carbocycles. The number of rotatable bonds is 3. The summed E-state index contributed by atoms with van der Waals surface area (Å²) in [5, 5.41) is 9.13. The predicted molar refractivity (Wildman–Crippen MR) is 44.8 cm³/mol. The second-order valence-electron chi connectivity index (χ2n) is 2.47. The maximum absolute atomic E-state index is 10.7. The van der Waals surface area contributed by atoms with Crippen molar-refractivity contribution in [2.45, 2.75) is 12.5 Å². The second-order valence-corrected chi connectivity index (χ2v) is 2.47.